The quantitative estimate of drug-likeness (QED) is 0.200. The van der Waals surface area contributed by atoms with Crippen molar-refractivity contribution < 1.29 is 17.9 Å². The van der Waals surface area contributed by atoms with E-state index in [1.165, 1.54) is 12.3 Å². The van der Waals surface area contributed by atoms with E-state index >= 15 is 0 Å². The predicted octanol–water partition coefficient (Wildman–Crippen LogP) is 7.03. The van der Waals surface area contributed by atoms with Crippen LogP contribution in [0.5, 0.6) is 0 Å². The number of rotatable bonds is 10. The maximum Gasteiger partial charge on any atom is 0.418 e. The van der Waals surface area contributed by atoms with Crippen molar-refractivity contribution in [2.75, 3.05) is 44.7 Å². The van der Waals surface area contributed by atoms with E-state index in [-0.39, 0.29) is 5.69 Å². The highest BCUT2D eigenvalue weighted by Crippen LogP contribution is 2.37. The highest BCUT2D eigenvalue weighted by atomic mass is 32.2. The fourth-order valence-corrected chi connectivity index (χ4v) is 5.63. The molecule has 2 aromatic heterocycles. The molecule has 1 fully saturated rings. The van der Waals surface area contributed by atoms with E-state index in [1.807, 2.05) is 12.1 Å². The molecule has 0 amide bonds. The van der Waals surface area contributed by atoms with Crippen molar-refractivity contribution in [3.63, 3.8) is 0 Å². The molecule has 1 aliphatic heterocycles. The monoisotopic (exact) mass is 582 g/mol. The molecule has 11 heteroatoms. The number of hydrogen-bond donors (Lipinski definition) is 1. The summed E-state index contributed by atoms with van der Waals surface area (Å²) in [6.07, 6.45) is -2.15. The van der Waals surface area contributed by atoms with Crippen LogP contribution in [0, 0.1) is 0 Å². The lowest BCUT2D eigenvalue weighted by Crippen LogP contribution is -2.30. The van der Waals surface area contributed by atoms with Crippen molar-refractivity contribution in [3.8, 4) is 11.3 Å². The third kappa shape index (κ3) is 7.34. The number of hydrogen-bond acceptors (Lipinski definition) is 8. The number of halogens is 3. The van der Waals surface area contributed by atoms with Gasteiger partial charge in [0.2, 0.25) is 0 Å². The van der Waals surface area contributed by atoms with Gasteiger partial charge >= 0.3 is 6.18 Å². The minimum absolute atomic E-state index is 0.119. The zero-order valence-corrected chi connectivity index (χ0v) is 23.9. The fraction of sp³-hybridized carbons (Fsp3) is 0.367. The highest BCUT2D eigenvalue weighted by Gasteiger charge is 2.34. The van der Waals surface area contributed by atoms with Crippen molar-refractivity contribution in [1.29, 1.82) is 0 Å². The lowest BCUT2D eigenvalue weighted by Gasteiger charge is -2.25. The van der Waals surface area contributed by atoms with Crippen LogP contribution in [0.1, 0.15) is 31.7 Å². The van der Waals surface area contributed by atoms with Gasteiger partial charge in [-0.25, -0.2) is 14.3 Å². The van der Waals surface area contributed by atoms with Gasteiger partial charge in [0, 0.05) is 40.8 Å². The number of morpholine rings is 1. The largest absolute Gasteiger partial charge is 0.418 e. The minimum atomic E-state index is -4.52. The minimum Gasteiger partial charge on any atom is -0.379 e. The Labute approximate surface area is 242 Å². The SMILES string of the molecule is CCCN(CC)Cc1nc(Nc2ccc(SN3CCOCC3)cc2)c2ccc(-c3ncccc3C(F)(F)F)cc2n1. The fourth-order valence-electron chi connectivity index (χ4n) is 4.74. The number of fused-ring (bicyclic) bond motifs is 1. The number of ether oxygens (including phenoxy) is 1. The standard InChI is InChI=1S/C30H33F3N6OS/c1-3-14-38(4-2)20-27-36-26-19-21(28-25(30(31,32)33)6-5-13-34-28)7-12-24(26)29(37-27)35-22-8-10-23(11-9-22)41-39-15-17-40-18-16-39/h5-13,19H,3-4,14-18,20H2,1-2H3,(H,35,36,37). The molecule has 41 heavy (non-hydrogen) atoms. The second kappa shape index (κ2) is 13.2. The molecular weight excluding hydrogens is 549 g/mol. The summed E-state index contributed by atoms with van der Waals surface area (Å²) in [7, 11) is 0. The number of nitrogens with zero attached hydrogens (tertiary/aromatic N) is 5. The Kier molecular flexibility index (Phi) is 9.39. The summed E-state index contributed by atoms with van der Waals surface area (Å²) < 4.78 is 48.9. The molecule has 1 saturated heterocycles. The van der Waals surface area contributed by atoms with Gasteiger partial charge in [-0.2, -0.15) is 13.2 Å². The van der Waals surface area contributed by atoms with E-state index < -0.39 is 11.7 Å². The molecule has 7 nitrogen and oxygen atoms in total. The van der Waals surface area contributed by atoms with Gasteiger partial charge in [-0.3, -0.25) is 9.88 Å². The number of nitrogens with one attached hydrogen (secondary N) is 1. The second-order valence-electron chi connectivity index (χ2n) is 9.77. The molecule has 0 atom stereocenters. The van der Waals surface area contributed by atoms with Crippen LogP contribution in [-0.2, 0) is 17.5 Å². The summed E-state index contributed by atoms with van der Waals surface area (Å²) in [6.45, 7) is 9.72. The summed E-state index contributed by atoms with van der Waals surface area (Å²) in [5.41, 5.74) is 0.872. The molecule has 0 aliphatic carbocycles. The van der Waals surface area contributed by atoms with Gasteiger partial charge in [-0.1, -0.05) is 19.9 Å². The topological polar surface area (TPSA) is 66.4 Å². The van der Waals surface area contributed by atoms with E-state index in [2.05, 4.69) is 45.5 Å². The Bertz CT molecular complexity index is 1460. The van der Waals surface area contributed by atoms with E-state index in [0.717, 1.165) is 62.5 Å². The van der Waals surface area contributed by atoms with Crippen molar-refractivity contribution in [1.82, 2.24) is 24.2 Å². The zero-order valence-electron chi connectivity index (χ0n) is 23.1. The Balaban J connectivity index is 1.49. The van der Waals surface area contributed by atoms with Gasteiger partial charge in [-0.05, 0) is 80.0 Å². The smallest absolute Gasteiger partial charge is 0.379 e. The molecule has 0 saturated carbocycles. The summed E-state index contributed by atoms with van der Waals surface area (Å²) >= 11 is 1.71. The van der Waals surface area contributed by atoms with Crippen LogP contribution in [-0.4, -0.2) is 63.5 Å². The van der Waals surface area contributed by atoms with Crippen LogP contribution in [0.15, 0.2) is 65.7 Å². The van der Waals surface area contributed by atoms with Gasteiger partial charge in [0.15, 0.2) is 0 Å². The molecular formula is C30H33F3N6OS. The predicted molar refractivity (Wildman–Crippen MR) is 157 cm³/mol. The second-order valence-corrected chi connectivity index (χ2v) is 10.9. The summed E-state index contributed by atoms with van der Waals surface area (Å²) in [5.74, 6) is 1.21. The molecule has 5 rings (SSSR count). The average Bonchev–Trinajstić information content (AvgIpc) is 2.98. The molecule has 4 aromatic rings. The maximum absolute atomic E-state index is 13.7. The van der Waals surface area contributed by atoms with Crippen molar-refractivity contribution in [3.05, 3.63) is 72.2 Å². The lowest BCUT2D eigenvalue weighted by molar-refractivity contribution is -0.137. The first-order chi connectivity index (χ1) is 19.8. The van der Waals surface area contributed by atoms with Gasteiger partial charge in [0.05, 0.1) is 36.5 Å². The summed E-state index contributed by atoms with van der Waals surface area (Å²) in [6, 6.07) is 15.6. The molecule has 0 unspecified atom stereocenters. The first-order valence-electron chi connectivity index (χ1n) is 13.8. The van der Waals surface area contributed by atoms with Gasteiger partial charge in [0.25, 0.3) is 0 Å². The third-order valence-corrected chi connectivity index (χ3v) is 7.91. The Morgan fingerprint density at radius 3 is 2.51 bits per heavy atom. The normalized spacial score (nSPS) is 14.6. The molecule has 1 N–H and O–H groups in total. The number of pyridine rings is 1. The summed E-state index contributed by atoms with van der Waals surface area (Å²) in [5, 5.41) is 4.14. The zero-order chi connectivity index (χ0) is 28.8. The highest BCUT2D eigenvalue weighted by molar-refractivity contribution is 7.97. The lowest BCUT2D eigenvalue weighted by atomic mass is 10.0. The molecule has 216 valence electrons. The van der Waals surface area contributed by atoms with Gasteiger partial charge in [-0.15, -0.1) is 0 Å². The van der Waals surface area contributed by atoms with Crippen LogP contribution in [0.2, 0.25) is 0 Å². The Morgan fingerprint density at radius 2 is 1.80 bits per heavy atom. The van der Waals surface area contributed by atoms with Gasteiger partial charge < -0.3 is 10.1 Å². The van der Waals surface area contributed by atoms with E-state index in [0.29, 0.717) is 34.7 Å². The van der Waals surface area contributed by atoms with E-state index in [4.69, 9.17) is 14.7 Å². The Hall–Kier alpha value is -3.25. The maximum atomic E-state index is 13.7. The first kappa shape index (κ1) is 29.2. The number of alkyl halides is 3. The van der Waals surface area contributed by atoms with Crippen LogP contribution in [0.4, 0.5) is 24.7 Å². The number of anilines is 2. The van der Waals surface area contributed by atoms with Crippen LogP contribution in [0.25, 0.3) is 22.2 Å². The number of benzene rings is 2. The van der Waals surface area contributed by atoms with Crippen molar-refractivity contribution in [2.45, 2.75) is 37.9 Å². The molecule has 0 bridgehead atoms. The van der Waals surface area contributed by atoms with Crippen LogP contribution < -0.4 is 5.32 Å². The molecule has 0 radical (unpaired) electrons. The van der Waals surface area contributed by atoms with Crippen molar-refractivity contribution in [2.24, 2.45) is 0 Å². The third-order valence-electron chi connectivity index (χ3n) is 6.80. The van der Waals surface area contributed by atoms with Crippen molar-refractivity contribution >= 4 is 34.4 Å². The summed E-state index contributed by atoms with van der Waals surface area (Å²) in [4.78, 5) is 17.1. The van der Waals surface area contributed by atoms with Crippen LogP contribution >= 0.6 is 11.9 Å². The van der Waals surface area contributed by atoms with Crippen LogP contribution in [0.3, 0.4) is 0 Å². The van der Waals surface area contributed by atoms with Gasteiger partial charge in [0.1, 0.15) is 11.6 Å². The average molecular weight is 583 g/mol. The molecule has 1 aliphatic rings. The first-order valence-corrected chi connectivity index (χ1v) is 14.5. The molecule has 0 spiro atoms. The van der Waals surface area contributed by atoms with E-state index in [1.54, 1.807) is 30.1 Å². The molecule has 3 heterocycles. The Morgan fingerprint density at radius 1 is 1.02 bits per heavy atom. The van der Waals surface area contributed by atoms with E-state index in [9.17, 15) is 13.2 Å². The molecule has 2 aromatic carbocycles. The number of aromatic nitrogens is 3.